The quantitative estimate of drug-likeness (QED) is 0.733. The summed E-state index contributed by atoms with van der Waals surface area (Å²) in [7, 11) is 0. The van der Waals surface area contributed by atoms with Gasteiger partial charge in [0.05, 0.1) is 29.8 Å². The highest BCUT2D eigenvalue weighted by molar-refractivity contribution is 7.98. The summed E-state index contributed by atoms with van der Waals surface area (Å²) in [5.74, 6) is 0.376. The van der Waals surface area contributed by atoms with Crippen LogP contribution in [0.3, 0.4) is 0 Å². The lowest BCUT2D eigenvalue weighted by molar-refractivity contribution is -0.122. The van der Waals surface area contributed by atoms with Crippen LogP contribution in [0.15, 0.2) is 41.3 Å². The molecule has 1 atom stereocenters. The molecular weight excluding hydrogens is 412 g/mol. The number of carbonyl (C=O) groups excluding carboxylic acids is 2. The van der Waals surface area contributed by atoms with Crippen LogP contribution in [-0.2, 0) is 9.59 Å². The molecule has 152 valence electrons. The fraction of sp³-hybridized carbons (Fsp3) is 0.333. The average Bonchev–Trinajstić information content (AvgIpc) is 2.97. The third-order valence-corrected chi connectivity index (χ3v) is 6.03. The van der Waals surface area contributed by atoms with Gasteiger partial charge in [0, 0.05) is 42.1 Å². The van der Waals surface area contributed by atoms with Gasteiger partial charge in [-0.15, -0.1) is 11.8 Å². The van der Waals surface area contributed by atoms with Gasteiger partial charge in [-0.1, -0.05) is 11.6 Å². The first-order valence-corrected chi connectivity index (χ1v) is 11.0. The number of carbonyl (C=O) groups is 2. The highest BCUT2D eigenvalue weighted by atomic mass is 35.5. The second-order valence-corrected chi connectivity index (χ2v) is 8.21. The molecule has 6 nitrogen and oxygen atoms in total. The van der Waals surface area contributed by atoms with E-state index >= 15 is 0 Å². The fourth-order valence-corrected chi connectivity index (χ4v) is 4.02. The van der Waals surface area contributed by atoms with E-state index in [4.69, 9.17) is 21.1 Å². The Morgan fingerprint density at radius 2 is 1.86 bits per heavy atom. The van der Waals surface area contributed by atoms with Gasteiger partial charge < -0.3 is 19.7 Å². The standard InChI is InChI=1S/C21H21ClN2O4S/c1-29-15-5-3-14(4-6-15)24-12-13(9-20(24)25)21(26)23-17-11-19-18(10-16(17)22)27-7-2-8-28-19/h3-6,10-11,13H,2,7-9,12H2,1H3,(H,23,26). The Morgan fingerprint density at radius 3 is 2.55 bits per heavy atom. The molecule has 1 unspecified atom stereocenters. The van der Waals surface area contributed by atoms with Crippen molar-refractivity contribution >= 4 is 46.6 Å². The summed E-state index contributed by atoms with van der Waals surface area (Å²) in [5, 5.41) is 3.22. The summed E-state index contributed by atoms with van der Waals surface area (Å²) in [4.78, 5) is 28.1. The van der Waals surface area contributed by atoms with Crippen LogP contribution in [0.25, 0.3) is 0 Å². The number of amides is 2. The largest absolute Gasteiger partial charge is 0.490 e. The molecule has 0 aliphatic carbocycles. The lowest BCUT2D eigenvalue weighted by Crippen LogP contribution is -2.28. The number of hydrogen-bond acceptors (Lipinski definition) is 5. The van der Waals surface area contributed by atoms with E-state index < -0.39 is 5.92 Å². The van der Waals surface area contributed by atoms with Crippen molar-refractivity contribution in [3.05, 3.63) is 41.4 Å². The Morgan fingerprint density at radius 1 is 1.17 bits per heavy atom. The molecule has 0 radical (unpaired) electrons. The van der Waals surface area contributed by atoms with Crippen LogP contribution in [0.5, 0.6) is 11.5 Å². The van der Waals surface area contributed by atoms with Crippen LogP contribution >= 0.6 is 23.4 Å². The predicted octanol–water partition coefficient (Wildman–Crippen LogP) is 4.21. The topological polar surface area (TPSA) is 67.9 Å². The number of fused-ring (bicyclic) bond motifs is 1. The monoisotopic (exact) mass is 432 g/mol. The minimum Gasteiger partial charge on any atom is -0.490 e. The molecule has 0 spiro atoms. The van der Waals surface area contributed by atoms with E-state index in [1.54, 1.807) is 28.8 Å². The number of anilines is 2. The molecule has 2 aliphatic rings. The van der Waals surface area contributed by atoms with Crippen LogP contribution in [0.1, 0.15) is 12.8 Å². The van der Waals surface area contributed by atoms with Crippen molar-refractivity contribution in [1.29, 1.82) is 0 Å². The number of rotatable bonds is 4. The SMILES string of the molecule is CSc1ccc(N2CC(C(=O)Nc3cc4c(cc3Cl)OCCCO4)CC2=O)cc1. The normalized spacial score (nSPS) is 18.5. The third-order valence-electron chi connectivity index (χ3n) is 4.97. The zero-order valence-electron chi connectivity index (χ0n) is 15.9. The summed E-state index contributed by atoms with van der Waals surface area (Å²) in [6, 6.07) is 11.1. The van der Waals surface area contributed by atoms with Gasteiger partial charge in [-0.05, 0) is 30.5 Å². The van der Waals surface area contributed by atoms with E-state index in [2.05, 4.69) is 5.32 Å². The second kappa shape index (κ2) is 8.55. The van der Waals surface area contributed by atoms with Gasteiger partial charge in [0.15, 0.2) is 11.5 Å². The molecule has 0 aromatic heterocycles. The number of ether oxygens (including phenoxy) is 2. The lowest BCUT2D eigenvalue weighted by Gasteiger charge is -2.17. The number of nitrogens with zero attached hydrogens (tertiary/aromatic N) is 1. The Balaban J connectivity index is 1.46. The van der Waals surface area contributed by atoms with E-state index in [1.807, 2.05) is 30.5 Å². The van der Waals surface area contributed by atoms with Gasteiger partial charge in [-0.2, -0.15) is 0 Å². The molecule has 2 aromatic carbocycles. The number of benzene rings is 2. The molecule has 8 heteroatoms. The molecule has 2 heterocycles. The fourth-order valence-electron chi connectivity index (χ4n) is 3.41. The molecule has 29 heavy (non-hydrogen) atoms. The van der Waals surface area contributed by atoms with E-state index in [0.717, 1.165) is 17.0 Å². The van der Waals surface area contributed by atoms with Crippen LogP contribution in [0, 0.1) is 5.92 Å². The van der Waals surface area contributed by atoms with Gasteiger partial charge in [0.1, 0.15) is 0 Å². The van der Waals surface area contributed by atoms with Crippen LogP contribution in [0.4, 0.5) is 11.4 Å². The molecule has 1 fully saturated rings. The van der Waals surface area contributed by atoms with Gasteiger partial charge in [0.25, 0.3) is 0 Å². The number of nitrogens with one attached hydrogen (secondary N) is 1. The van der Waals surface area contributed by atoms with Crippen LogP contribution in [-0.4, -0.2) is 37.8 Å². The van der Waals surface area contributed by atoms with Crippen LogP contribution in [0.2, 0.25) is 5.02 Å². The summed E-state index contributed by atoms with van der Waals surface area (Å²) in [6.07, 6.45) is 2.95. The Hall–Kier alpha value is -2.38. The van der Waals surface area contributed by atoms with Crippen molar-refractivity contribution in [1.82, 2.24) is 0 Å². The minimum absolute atomic E-state index is 0.0631. The number of halogens is 1. The van der Waals surface area contributed by atoms with Crippen molar-refractivity contribution in [2.45, 2.75) is 17.7 Å². The minimum atomic E-state index is -0.449. The summed E-state index contributed by atoms with van der Waals surface area (Å²) in [5.41, 5.74) is 1.26. The van der Waals surface area contributed by atoms with Crippen molar-refractivity contribution in [2.75, 3.05) is 36.2 Å². The Bertz CT molecular complexity index is 935. The summed E-state index contributed by atoms with van der Waals surface area (Å²) in [6.45, 7) is 1.45. The number of thioether (sulfide) groups is 1. The molecule has 0 saturated carbocycles. The lowest BCUT2D eigenvalue weighted by atomic mass is 10.1. The molecule has 0 bridgehead atoms. The zero-order valence-corrected chi connectivity index (χ0v) is 17.5. The van der Waals surface area contributed by atoms with E-state index in [9.17, 15) is 9.59 Å². The summed E-state index contributed by atoms with van der Waals surface area (Å²) < 4.78 is 11.3. The van der Waals surface area contributed by atoms with E-state index in [1.165, 1.54) is 0 Å². The van der Waals surface area contributed by atoms with Crippen molar-refractivity contribution in [2.24, 2.45) is 5.92 Å². The van der Waals surface area contributed by atoms with Crippen LogP contribution < -0.4 is 19.7 Å². The molecule has 4 rings (SSSR count). The van der Waals surface area contributed by atoms with Crippen molar-refractivity contribution < 1.29 is 19.1 Å². The molecule has 1 N–H and O–H groups in total. The maximum absolute atomic E-state index is 12.8. The van der Waals surface area contributed by atoms with Gasteiger partial charge in [-0.3, -0.25) is 9.59 Å². The molecular formula is C21H21ClN2O4S. The van der Waals surface area contributed by atoms with Gasteiger partial charge in [-0.25, -0.2) is 0 Å². The van der Waals surface area contributed by atoms with E-state index in [0.29, 0.717) is 42.0 Å². The first-order valence-electron chi connectivity index (χ1n) is 9.39. The van der Waals surface area contributed by atoms with Gasteiger partial charge in [0.2, 0.25) is 11.8 Å². The highest BCUT2D eigenvalue weighted by Crippen LogP contribution is 2.38. The maximum Gasteiger partial charge on any atom is 0.229 e. The molecule has 1 saturated heterocycles. The summed E-state index contributed by atoms with van der Waals surface area (Å²) >= 11 is 7.96. The number of hydrogen-bond donors (Lipinski definition) is 1. The second-order valence-electron chi connectivity index (χ2n) is 6.92. The molecule has 2 amide bonds. The van der Waals surface area contributed by atoms with Crippen molar-refractivity contribution in [3.8, 4) is 11.5 Å². The zero-order chi connectivity index (χ0) is 20.4. The first kappa shape index (κ1) is 19.9. The highest BCUT2D eigenvalue weighted by Gasteiger charge is 2.35. The first-order chi connectivity index (χ1) is 14.0. The average molecular weight is 433 g/mol. The van der Waals surface area contributed by atoms with Crippen molar-refractivity contribution in [3.63, 3.8) is 0 Å². The third kappa shape index (κ3) is 4.31. The predicted molar refractivity (Wildman–Crippen MR) is 114 cm³/mol. The Kier molecular flexibility index (Phi) is 5.87. The molecule has 2 aromatic rings. The Labute approximate surface area is 178 Å². The van der Waals surface area contributed by atoms with Gasteiger partial charge >= 0.3 is 0 Å². The molecule has 2 aliphatic heterocycles. The smallest absolute Gasteiger partial charge is 0.229 e. The maximum atomic E-state index is 12.8. The van der Waals surface area contributed by atoms with E-state index in [-0.39, 0.29) is 18.2 Å².